The standard InChI is InChI=1S/C27H27N3O/c28-20-25(22-10-4-1-5-11-22)26(31)21-29-16-18-30(19-17-29)27(23-12-6-2-7-13-23)24-14-8-3-9-15-24/h1-15,25,27H,16-19,21H2/t25-/m0/s1. The SMILES string of the molecule is N#C[C@H](C(=O)CN1CCN(C(c2ccccc2)c2ccccc2)CC1)c1ccccc1. The zero-order valence-corrected chi connectivity index (χ0v) is 17.6. The Kier molecular flexibility index (Phi) is 6.89. The molecule has 0 spiro atoms. The van der Waals surface area contributed by atoms with Gasteiger partial charge in [-0.1, -0.05) is 91.0 Å². The van der Waals surface area contributed by atoms with Crippen LogP contribution in [0.25, 0.3) is 0 Å². The van der Waals surface area contributed by atoms with Gasteiger partial charge in [0.25, 0.3) is 0 Å². The number of carbonyl (C=O) groups excluding carboxylic acids is 1. The first-order chi connectivity index (χ1) is 15.3. The number of benzene rings is 3. The maximum atomic E-state index is 12.8. The first-order valence-corrected chi connectivity index (χ1v) is 10.8. The van der Waals surface area contributed by atoms with Gasteiger partial charge in [0.15, 0.2) is 5.78 Å². The minimum atomic E-state index is -0.694. The minimum Gasteiger partial charge on any atom is -0.296 e. The van der Waals surface area contributed by atoms with E-state index in [1.807, 2.05) is 42.5 Å². The molecule has 0 amide bonds. The van der Waals surface area contributed by atoms with Crippen molar-refractivity contribution in [3.8, 4) is 6.07 Å². The summed E-state index contributed by atoms with van der Waals surface area (Å²) in [6.45, 7) is 3.71. The number of hydrogen-bond acceptors (Lipinski definition) is 4. The molecule has 31 heavy (non-hydrogen) atoms. The minimum absolute atomic E-state index is 0.0233. The van der Waals surface area contributed by atoms with Gasteiger partial charge < -0.3 is 0 Å². The highest BCUT2D eigenvalue weighted by molar-refractivity contribution is 5.90. The lowest BCUT2D eigenvalue weighted by molar-refractivity contribution is -0.121. The molecule has 0 saturated carbocycles. The van der Waals surface area contributed by atoms with E-state index in [2.05, 4.69) is 64.4 Å². The Bertz CT molecular complexity index is 967. The molecule has 0 unspecified atom stereocenters. The van der Waals surface area contributed by atoms with Gasteiger partial charge >= 0.3 is 0 Å². The second-order valence-corrected chi connectivity index (χ2v) is 7.98. The van der Waals surface area contributed by atoms with Gasteiger partial charge in [-0.3, -0.25) is 14.6 Å². The molecule has 1 atom stereocenters. The Morgan fingerprint density at radius 1 is 0.742 bits per heavy atom. The lowest BCUT2D eigenvalue weighted by Crippen LogP contribution is -2.49. The van der Waals surface area contributed by atoms with Crippen molar-refractivity contribution in [2.24, 2.45) is 0 Å². The van der Waals surface area contributed by atoms with E-state index in [9.17, 15) is 10.1 Å². The van der Waals surface area contributed by atoms with Crippen molar-refractivity contribution in [2.75, 3.05) is 32.7 Å². The van der Waals surface area contributed by atoms with Crippen molar-refractivity contribution >= 4 is 5.78 Å². The number of hydrogen-bond donors (Lipinski definition) is 0. The van der Waals surface area contributed by atoms with Crippen LogP contribution in [-0.2, 0) is 4.79 Å². The molecular weight excluding hydrogens is 382 g/mol. The van der Waals surface area contributed by atoms with E-state index in [1.165, 1.54) is 11.1 Å². The molecule has 0 bridgehead atoms. The van der Waals surface area contributed by atoms with Crippen molar-refractivity contribution in [1.82, 2.24) is 9.80 Å². The van der Waals surface area contributed by atoms with Gasteiger partial charge in [0, 0.05) is 26.2 Å². The van der Waals surface area contributed by atoms with Gasteiger partial charge in [0.05, 0.1) is 18.7 Å². The molecule has 4 heteroatoms. The van der Waals surface area contributed by atoms with E-state index >= 15 is 0 Å². The summed E-state index contributed by atoms with van der Waals surface area (Å²) in [5.41, 5.74) is 3.35. The first kappa shape index (κ1) is 21.0. The van der Waals surface area contributed by atoms with Gasteiger partial charge in [-0.25, -0.2) is 0 Å². The smallest absolute Gasteiger partial charge is 0.168 e. The molecule has 1 aliphatic rings. The van der Waals surface area contributed by atoms with E-state index in [0.29, 0.717) is 6.54 Å². The number of Topliss-reactive ketones (excluding diaryl/α,β-unsaturated/α-hetero) is 1. The maximum Gasteiger partial charge on any atom is 0.168 e. The highest BCUT2D eigenvalue weighted by atomic mass is 16.1. The molecular formula is C27H27N3O. The number of carbonyl (C=O) groups is 1. The summed E-state index contributed by atoms with van der Waals surface area (Å²) in [7, 11) is 0. The molecule has 0 radical (unpaired) electrons. The summed E-state index contributed by atoms with van der Waals surface area (Å²) in [5, 5.41) is 9.55. The van der Waals surface area contributed by atoms with Gasteiger partial charge in [0.1, 0.15) is 5.92 Å². The summed E-state index contributed by atoms with van der Waals surface area (Å²) in [5.74, 6) is -0.717. The van der Waals surface area contributed by atoms with E-state index < -0.39 is 5.92 Å². The molecule has 1 fully saturated rings. The van der Waals surface area contributed by atoms with Crippen molar-refractivity contribution < 1.29 is 4.79 Å². The van der Waals surface area contributed by atoms with Crippen LogP contribution in [0.1, 0.15) is 28.7 Å². The fourth-order valence-electron chi connectivity index (χ4n) is 4.35. The molecule has 156 valence electrons. The highest BCUT2D eigenvalue weighted by Crippen LogP contribution is 2.29. The van der Waals surface area contributed by atoms with Crippen LogP contribution in [0.15, 0.2) is 91.0 Å². The zero-order chi connectivity index (χ0) is 21.5. The Morgan fingerprint density at radius 3 is 1.65 bits per heavy atom. The van der Waals surface area contributed by atoms with Crippen LogP contribution in [-0.4, -0.2) is 48.3 Å². The second-order valence-electron chi connectivity index (χ2n) is 7.98. The molecule has 1 aliphatic heterocycles. The van der Waals surface area contributed by atoms with Gasteiger partial charge in [0.2, 0.25) is 0 Å². The lowest BCUT2D eigenvalue weighted by atomic mass is 9.95. The fourth-order valence-corrected chi connectivity index (χ4v) is 4.35. The van der Waals surface area contributed by atoms with Gasteiger partial charge in [-0.05, 0) is 16.7 Å². The van der Waals surface area contributed by atoms with Crippen LogP contribution >= 0.6 is 0 Å². The summed E-state index contributed by atoms with van der Waals surface area (Å²) in [6.07, 6.45) is 0. The molecule has 3 aromatic carbocycles. The van der Waals surface area contributed by atoms with Crippen molar-refractivity contribution in [3.63, 3.8) is 0 Å². The van der Waals surface area contributed by atoms with E-state index in [-0.39, 0.29) is 11.8 Å². The Balaban J connectivity index is 1.42. The Morgan fingerprint density at radius 2 is 1.19 bits per heavy atom. The van der Waals surface area contributed by atoms with Crippen LogP contribution in [0.2, 0.25) is 0 Å². The largest absolute Gasteiger partial charge is 0.296 e. The summed E-state index contributed by atoms with van der Waals surface area (Å²) in [4.78, 5) is 17.5. The van der Waals surface area contributed by atoms with Crippen LogP contribution < -0.4 is 0 Å². The fraction of sp³-hybridized carbons (Fsp3) is 0.259. The monoisotopic (exact) mass is 409 g/mol. The predicted octanol–water partition coefficient (Wildman–Crippen LogP) is 4.27. The number of piperazine rings is 1. The predicted molar refractivity (Wildman–Crippen MR) is 123 cm³/mol. The molecule has 4 nitrogen and oxygen atoms in total. The molecule has 3 aromatic rings. The third kappa shape index (κ3) is 5.08. The van der Waals surface area contributed by atoms with Crippen LogP contribution in [0.3, 0.4) is 0 Å². The van der Waals surface area contributed by atoms with E-state index in [1.54, 1.807) is 0 Å². The summed E-state index contributed by atoms with van der Waals surface area (Å²) in [6, 6.07) is 33.0. The first-order valence-electron chi connectivity index (χ1n) is 10.8. The molecule has 1 heterocycles. The van der Waals surface area contributed by atoms with Gasteiger partial charge in [-0.15, -0.1) is 0 Å². The Labute approximate surface area is 184 Å². The average molecular weight is 410 g/mol. The van der Waals surface area contributed by atoms with Crippen LogP contribution in [0.5, 0.6) is 0 Å². The van der Waals surface area contributed by atoms with Crippen LogP contribution in [0, 0.1) is 11.3 Å². The van der Waals surface area contributed by atoms with Crippen molar-refractivity contribution in [2.45, 2.75) is 12.0 Å². The number of nitrogens with zero attached hydrogens (tertiary/aromatic N) is 3. The zero-order valence-electron chi connectivity index (χ0n) is 17.6. The number of nitriles is 1. The second kappa shape index (κ2) is 10.2. The summed E-state index contributed by atoms with van der Waals surface area (Å²) >= 11 is 0. The number of rotatable bonds is 7. The molecule has 4 rings (SSSR count). The highest BCUT2D eigenvalue weighted by Gasteiger charge is 2.28. The maximum absolute atomic E-state index is 12.8. The Hall–Kier alpha value is -3.26. The molecule has 1 saturated heterocycles. The molecule has 0 aromatic heterocycles. The van der Waals surface area contributed by atoms with E-state index in [0.717, 1.165) is 31.7 Å². The lowest BCUT2D eigenvalue weighted by Gasteiger charge is -2.39. The molecule has 0 N–H and O–H groups in total. The average Bonchev–Trinajstić information content (AvgIpc) is 2.83. The van der Waals surface area contributed by atoms with E-state index in [4.69, 9.17) is 0 Å². The quantitative estimate of drug-likeness (QED) is 0.585. The normalized spacial score (nSPS) is 16.0. The number of ketones is 1. The van der Waals surface area contributed by atoms with Crippen molar-refractivity contribution in [1.29, 1.82) is 5.26 Å². The third-order valence-corrected chi connectivity index (χ3v) is 5.97. The van der Waals surface area contributed by atoms with Crippen LogP contribution in [0.4, 0.5) is 0 Å². The van der Waals surface area contributed by atoms with Gasteiger partial charge in [-0.2, -0.15) is 5.26 Å². The van der Waals surface area contributed by atoms with Crippen molar-refractivity contribution in [3.05, 3.63) is 108 Å². The third-order valence-electron chi connectivity index (χ3n) is 5.97. The topological polar surface area (TPSA) is 47.3 Å². The summed E-state index contributed by atoms with van der Waals surface area (Å²) < 4.78 is 0. The molecule has 0 aliphatic carbocycles.